The molecule has 136 valence electrons. The minimum atomic E-state index is -4.48. The van der Waals surface area contributed by atoms with Crippen LogP contribution in [0.25, 0.3) is 0 Å². The molecule has 2 aromatic carbocycles. The Morgan fingerprint density at radius 2 is 1.56 bits per heavy atom. The Bertz CT molecular complexity index is 853. The van der Waals surface area contributed by atoms with Gasteiger partial charge < -0.3 is 5.32 Å². The third-order valence-corrected chi connectivity index (χ3v) is 4.97. The van der Waals surface area contributed by atoms with Crippen LogP contribution in [-0.4, -0.2) is 26.8 Å². The van der Waals surface area contributed by atoms with Crippen molar-refractivity contribution in [1.29, 1.82) is 0 Å². The van der Waals surface area contributed by atoms with Gasteiger partial charge in [-0.25, -0.2) is 0 Å². The van der Waals surface area contributed by atoms with Crippen LogP contribution in [0, 0.1) is 0 Å². The Kier molecular flexibility index (Phi) is 5.50. The molecule has 0 atom stereocenters. The molecule has 0 unspecified atom stereocenters. The van der Waals surface area contributed by atoms with Gasteiger partial charge in [-0.1, -0.05) is 11.6 Å². The van der Waals surface area contributed by atoms with Crippen molar-refractivity contribution in [3.8, 4) is 0 Å². The van der Waals surface area contributed by atoms with Gasteiger partial charge in [0.05, 0.1) is 16.3 Å². The maximum Gasteiger partial charge on any atom is 0.416 e. The highest BCUT2D eigenvalue weighted by molar-refractivity contribution is 7.90. The predicted molar refractivity (Wildman–Crippen MR) is 92.4 cm³/mol. The molecule has 0 aliphatic heterocycles. The van der Waals surface area contributed by atoms with E-state index in [0.29, 0.717) is 11.4 Å². The number of hydrogen-bond acceptors (Lipinski definition) is 3. The maximum absolute atomic E-state index is 12.8. The smallest absolute Gasteiger partial charge is 0.354 e. The molecule has 0 aromatic heterocycles. The van der Waals surface area contributed by atoms with Crippen molar-refractivity contribution < 1.29 is 21.6 Å². The van der Waals surface area contributed by atoms with E-state index in [4.69, 9.17) is 11.6 Å². The van der Waals surface area contributed by atoms with E-state index in [1.54, 1.807) is 0 Å². The van der Waals surface area contributed by atoms with Crippen LogP contribution in [0.5, 0.6) is 0 Å². The van der Waals surface area contributed by atoms with E-state index in [-0.39, 0.29) is 10.7 Å². The van der Waals surface area contributed by atoms with Gasteiger partial charge in [0.15, 0.2) is 0 Å². The van der Waals surface area contributed by atoms with Crippen molar-refractivity contribution >= 4 is 38.9 Å². The number of hydrogen-bond donors (Lipinski definition) is 2. The third kappa shape index (κ3) is 5.00. The van der Waals surface area contributed by atoms with Crippen molar-refractivity contribution in [3.05, 3.63) is 53.1 Å². The van der Waals surface area contributed by atoms with Crippen LogP contribution < -0.4 is 10.0 Å². The molecule has 5 nitrogen and oxygen atoms in total. The summed E-state index contributed by atoms with van der Waals surface area (Å²) in [5.74, 6) is 0. The number of halogens is 4. The van der Waals surface area contributed by atoms with Crippen molar-refractivity contribution in [3.63, 3.8) is 0 Å². The quantitative estimate of drug-likeness (QED) is 0.795. The van der Waals surface area contributed by atoms with Crippen LogP contribution in [0.2, 0.25) is 5.02 Å². The standard InChI is InChI=1S/C15H15ClF3N3O2S/c1-22(2)25(23,24)21-12-6-4-11(5-7-12)20-14-9-10(15(17,18)19)3-8-13(14)16/h3-9,20-21H,1-2H3. The van der Waals surface area contributed by atoms with Crippen LogP contribution in [0.15, 0.2) is 42.5 Å². The zero-order chi connectivity index (χ0) is 18.8. The first kappa shape index (κ1) is 19.4. The van der Waals surface area contributed by atoms with Gasteiger partial charge in [0.25, 0.3) is 0 Å². The molecule has 0 bridgehead atoms. The van der Waals surface area contributed by atoms with Crippen LogP contribution >= 0.6 is 11.6 Å². The van der Waals surface area contributed by atoms with Gasteiger partial charge in [0.1, 0.15) is 0 Å². The van der Waals surface area contributed by atoms with Gasteiger partial charge in [-0.15, -0.1) is 0 Å². The van der Waals surface area contributed by atoms with Crippen LogP contribution in [0.4, 0.5) is 30.2 Å². The van der Waals surface area contributed by atoms with E-state index < -0.39 is 21.9 Å². The SMILES string of the molecule is CN(C)S(=O)(=O)Nc1ccc(Nc2cc(C(F)(F)F)ccc2Cl)cc1. The lowest BCUT2D eigenvalue weighted by atomic mass is 10.2. The number of nitrogens with zero attached hydrogens (tertiary/aromatic N) is 1. The Morgan fingerprint density at radius 1 is 1.00 bits per heavy atom. The molecule has 0 aliphatic rings. The fourth-order valence-electron chi connectivity index (χ4n) is 1.81. The van der Waals surface area contributed by atoms with E-state index in [2.05, 4.69) is 10.0 Å². The molecule has 10 heteroatoms. The minimum absolute atomic E-state index is 0.0955. The number of anilines is 3. The van der Waals surface area contributed by atoms with Crippen molar-refractivity contribution in [2.75, 3.05) is 24.1 Å². The highest BCUT2D eigenvalue weighted by atomic mass is 35.5. The second-order valence-electron chi connectivity index (χ2n) is 5.28. The molecule has 2 N–H and O–H groups in total. The number of nitrogens with one attached hydrogen (secondary N) is 2. The van der Waals surface area contributed by atoms with Crippen molar-refractivity contribution in [2.24, 2.45) is 0 Å². The van der Waals surface area contributed by atoms with E-state index in [0.717, 1.165) is 22.5 Å². The highest BCUT2D eigenvalue weighted by Gasteiger charge is 2.31. The number of benzene rings is 2. The topological polar surface area (TPSA) is 61.4 Å². The van der Waals surface area contributed by atoms with Gasteiger partial charge in [-0.3, -0.25) is 4.72 Å². The molecule has 2 aromatic rings. The Balaban J connectivity index is 2.20. The summed E-state index contributed by atoms with van der Waals surface area (Å²) in [5.41, 5.74) is 0.0382. The summed E-state index contributed by atoms with van der Waals surface area (Å²) in [4.78, 5) is 0. The maximum atomic E-state index is 12.8. The summed E-state index contributed by atoms with van der Waals surface area (Å²) in [5, 5.41) is 2.91. The lowest BCUT2D eigenvalue weighted by Gasteiger charge is -2.15. The van der Waals surface area contributed by atoms with E-state index in [1.807, 2.05) is 0 Å². The zero-order valence-electron chi connectivity index (χ0n) is 13.2. The first-order valence-electron chi connectivity index (χ1n) is 6.93. The monoisotopic (exact) mass is 393 g/mol. The van der Waals surface area contributed by atoms with E-state index >= 15 is 0 Å². The third-order valence-electron chi connectivity index (χ3n) is 3.19. The van der Waals surface area contributed by atoms with Gasteiger partial charge >= 0.3 is 16.4 Å². The summed E-state index contributed by atoms with van der Waals surface area (Å²) in [6.07, 6.45) is -4.48. The number of alkyl halides is 3. The average molecular weight is 394 g/mol. The second-order valence-corrected chi connectivity index (χ2v) is 7.58. The molecule has 0 fully saturated rings. The van der Waals surface area contributed by atoms with Gasteiger partial charge in [-0.05, 0) is 42.5 Å². The molecule has 25 heavy (non-hydrogen) atoms. The average Bonchev–Trinajstić information content (AvgIpc) is 2.50. The molecule has 0 amide bonds. The molecule has 0 spiro atoms. The molecule has 0 saturated heterocycles. The largest absolute Gasteiger partial charge is 0.416 e. The fraction of sp³-hybridized carbons (Fsp3) is 0.200. The molecule has 0 heterocycles. The van der Waals surface area contributed by atoms with Gasteiger partial charge in [0, 0.05) is 25.5 Å². The van der Waals surface area contributed by atoms with Gasteiger partial charge in [-0.2, -0.15) is 25.9 Å². The van der Waals surface area contributed by atoms with Crippen LogP contribution in [-0.2, 0) is 16.4 Å². The van der Waals surface area contributed by atoms with Crippen molar-refractivity contribution in [2.45, 2.75) is 6.18 Å². The van der Waals surface area contributed by atoms with Crippen molar-refractivity contribution in [1.82, 2.24) is 4.31 Å². The molecule has 2 rings (SSSR count). The normalized spacial score (nSPS) is 12.3. The predicted octanol–water partition coefficient (Wildman–Crippen LogP) is 4.32. The van der Waals surface area contributed by atoms with E-state index in [9.17, 15) is 21.6 Å². The van der Waals surface area contributed by atoms with Crippen LogP contribution in [0.3, 0.4) is 0 Å². The molecule has 0 aliphatic carbocycles. The lowest BCUT2D eigenvalue weighted by molar-refractivity contribution is -0.137. The number of rotatable bonds is 5. The molecular weight excluding hydrogens is 379 g/mol. The summed E-state index contributed by atoms with van der Waals surface area (Å²) >= 11 is 5.92. The zero-order valence-corrected chi connectivity index (χ0v) is 14.8. The Labute approximate surface area is 148 Å². The molecular formula is C15H15ClF3N3O2S. The highest BCUT2D eigenvalue weighted by Crippen LogP contribution is 2.35. The minimum Gasteiger partial charge on any atom is -0.354 e. The molecule has 0 saturated carbocycles. The summed E-state index contributed by atoms with van der Waals surface area (Å²) < 4.78 is 65.1. The first-order chi connectivity index (χ1) is 11.5. The molecule has 0 radical (unpaired) electrons. The second kappa shape index (κ2) is 7.11. The lowest BCUT2D eigenvalue weighted by Crippen LogP contribution is -2.28. The Morgan fingerprint density at radius 3 is 2.08 bits per heavy atom. The summed E-state index contributed by atoms with van der Waals surface area (Å²) in [6.45, 7) is 0. The first-order valence-corrected chi connectivity index (χ1v) is 8.75. The summed E-state index contributed by atoms with van der Waals surface area (Å²) in [7, 11) is -0.869. The van der Waals surface area contributed by atoms with Crippen LogP contribution in [0.1, 0.15) is 5.56 Å². The van der Waals surface area contributed by atoms with E-state index in [1.165, 1.54) is 38.4 Å². The fourth-order valence-corrected chi connectivity index (χ4v) is 2.60. The van der Waals surface area contributed by atoms with Gasteiger partial charge in [0.2, 0.25) is 0 Å². The summed E-state index contributed by atoms with van der Waals surface area (Å²) in [6, 6.07) is 8.95. The Hall–Kier alpha value is -1.97.